The highest BCUT2D eigenvalue weighted by Gasteiger charge is 2.24. The molecule has 1 fully saturated rings. The van der Waals surface area contributed by atoms with Crippen molar-refractivity contribution in [1.82, 2.24) is 15.1 Å². The molecule has 1 saturated carbocycles. The van der Waals surface area contributed by atoms with Gasteiger partial charge in [0, 0.05) is 38.8 Å². The molecule has 7 heteroatoms. The van der Waals surface area contributed by atoms with Gasteiger partial charge in [-0.05, 0) is 24.5 Å². The number of nitrogens with one attached hydrogen (secondary N) is 1. The number of rotatable bonds is 5. The maximum atomic E-state index is 11.7. The number of likely N-dealkylation sites (N-methyl/N-ethyl adjacent to an activating group) is 1. The molecule has 1 aliphatic carbocycles. The van der Waals surface area contributed by atoms with Gasteiger partial charge in [0.2, 0.25) is 5.91 Å². The number of benzene rings is 1. The van der Waals surface area contributed by atoms with Crippen molar-refractivity contribution in [3.8, 4) is 0 Å². The Kier molecular flexibility index (Phi) is 8.11. The summed E-state index contributed by atoms with van der Waals surface area (Å²) in [6, 6.07) is 8.24. The molecule has 128 valence electrons. The van der Waals surface area contributed by atoms with Gasteiger partial charge in [-0.1, -0.05) is 29.8 Å². The Morgan fingerprint density at radius 2 is 1.96 bits per heavy atom. The Morgan fingerprint density at radius 1 is 1.30 bits per heavy atom. The fourth-order valence-corrected chi connectivity index (χ4v) is 2.12. The highest BCUT2D eigenvalue weighted by Crippen LogP contribution is 2.20. The summed E-state index contributed by atoms with van der Waals surface area (Å²) in [7, 11) is 5.43. The number of aliphatic imine (C=N–C) groups is 1. The van der Waals surface area contributed by atoms with Gasteiger partial charge in [-0.3, -0.25) is 4.79 Å². The van der Waals surface area contributed by atoms with Crippen molar-refractivity contribution in [2.75, 3.05) is 27.7 Å². The van der Waals surface area contributed by atoms with E-state index in [0.29, 0.717) is 12.6 Å². The average molecular weight is 451 g/mol. The summed E-state index contributed by atoms with van der Waals surface area (Å²) in [5, 5.41) is 4.13. The number of guanidine groups is 1. The van der Waals surface area contributed by atoms with E-state index in [4.69, 9.17) is 11.6 Å². The first-order valence-electron chi connectivity index (χ1n) is 7.43. The summed E-state index contributed by atoms with van der Waals surface area (Å²) in [6.07, 6.45) is 2.31. The first-order chi connectivity index (χ1) is 10.5. The van der Waals surface area contributed by atoms with Crippen LogP contribution in [0.15, 0.2) is 29.3 Å². The van der Waals surface area contributed by atoms with Crippen LogP contribution in [-0.4, -0.2) is 55.4 Å². The Hall–Kier alpha value is -1.02. The summed E-state index contributed by atoms with van der Waals surface area (Å²) in [5.41, 5.74) is 1.04. The maximum Gasteiger partial charge on any atom is 0.243 e. The molecule has 0 saturated heterocycles. The molecule has 0 aromatic heterocycles. The second-order valence-corrected chi connectivity index (χ2v) is 6.20. The van der Waals surface area contributed by atoms with Gasteiger partial charge >= 0.3 is 0 Å². The molecule has 0 heterocycles. The molecule has 23 heavy (non-hydrogen) atoms. The Morgan fingerprint density at radius 3 is 2.52 bits per heavy atom. The third-order valence-electron chi connectivity index (χ3n) is 3.50. The zero-order chi connectivity index (χ0) is 16.1. The quantitative estimate of drug-likeness (QED) is 0.426. The van der Waals surface area contributed by atoms with Crippen molar-refractivity contribution >= 4 is 47.4 Å². The zero-order valence-electron chi connectivity index (χ0n) is 13.8. The molecule has 5 nitrogen and oxygen atoms in total. The summed E-state index contributed by atoms with van der Waals surface area (Å²) >= 11 is 6.21. The van der Waals surface area contributed by atoms with Crippen LogP contribution < -0.4 is 5.32 Å². The molecule has 0 atom stereocenters. The smallest absolute Gasteiger partial charge is 0.243 e. The number of halogens is 2. The topological polar surface area (TPSA) is 47.9 Å². The van der Waals surface area contributed by atoms with Gasteiger partial charge in [-0.15, -0.1) is 24.0 Å². The first-order valence-corrected chi connectivity index (χ1v) is 7.81. The SMILES string of the molecule is CN(C)C(=O)CN=C(NC1CC1)N(C)Cc1ccccc1Cl.I. The van der Waals surface area contributed by atoms with E-state index in [1.54, 1.807) is 19.0 Å². The van der Waals surface area contributed by atoms with Crippen LogP contribution in [0.3, 0.4) is 0 Å². The molecular formula is C16H24ClIN4O. The Bertz CT molecular complexity index is 561. The van der Waals surface area contributed by atoms with Crippen molar-refractivity contribution < 1.29 is 4.79 Å². The number of hydrogen-bond donors (Lipinski definition) is 1. The lowest BCUT2D eigenvalue weighted by Crippen LogP contribution is -2.40. The largest absolute Gasteiger partial charge is 0.353 e. The second-order valence-electron chi connectivity index (χ2n) is 5.79. The molecule has 0 radical (unpaired) electrons. The van der Waals surface area contributed by atoms with E-state index in [-0.39, 0.29) is 36.4 Å². The summed E-state index contributed by atoms with van der Waals surface area (Å²) in [6.45, 7) is 0.795. The number of hydrogen-bond acceptors (Lipinski definition) is 2. The summed E-state index contributed by atoms with van der Waals surface area (Å²) in [5.74, 6) is 0.735. The van der Waals surface area contributed by atoms with Gasteiger partial charge in [0.25, 0.3) is 0 Å². The lowest BCUT2D eigenvalue weighted by Gasteiger charge is -2.23. The molecule has 1 aliphatic rings. The summed E-state index contributed by atoms with van der Waals surface area (Å²) < 4.78 is 0. The van der Waals surface area contributed by atoms with E-state index in [1.807, 2.05) is 36.2 Å². The molecule has 2 rings (SSSR count). The van der Waals surface area contributed by atoms with Gasteiger partial charge in [-0.25, -0.2) is 4.99 Å². The lowest BCUT2D eigenvalue weighted by atomic mass is 10.2. The highest BCUT2D eigenvalue weighted by molar-refractivity contribution is 14.0. The van der Waals surface area contributed by atoms with Crippen LogP contribution >= 0.6 is 35.6 Å². The molecule has 1 aromatic carbocycles. The van der Waals surface area contributed by atoms with E-state index >= 15 is 0 Å². The molecule has 1 N–H and O–H groups in total. The third-order valence-corrected chi connectivity index (χ3v) is 3.87. The predicted molar refractivity (Wildman–Crippen MR) is 105 cm³/mol. The van der Waals surface area contributed by atoms with Crippen molar-refractivity contribution in [2.45, 2.75) is 25.4 Å². The fourth-order valence-electron chi connectivity index (χ4n) is 1.93. The summed E-state index contributed by atoms with van der Waals surface area (Å²) in [4.78, 5) is 19.7. The van der Waals surface area contributed by atoms with Gasteiger partial charge in [-0.2, -0.15) is 0 Å². The van der Waals surface area contributed by atoms with Crippen molar-refractivity contribution in [1.29, 1.82) is 0 Å². The Balaban J connectivity index is 0.00000264. The van der Waals surface area contributed by atoms with E-state index < -0.39 is 0 Å². The molecule has 0 spiro atoms. The minimum absolute atomic E-state index is 0. The molecule has 0 bridgehead atoms. The van der Waals surface area contributed by atoms with Gasteiger partial charge < -0.3 is 15.1 Å². The van der Waals surface area contributed by atoms with Crippen LogP contribution in [0.2, 0.25) is 5.02 Å². The van der Waals surface area contributed by atoms with Crippen LogP contribution in [-0.2, 0) is 11.3 Å². The van der Waals surface area contributed by atoms with Crippen molar-refractivity contribution in [2.24, 2.45) is 4.99 Å². The predicted octanol–water partition coefficient (Wildman–Crippen LogP) is 2.59. The average Bonchev–Trinajstić information content (AvgIpc) is 3.29. The van der Waals surface area contributed by atoms with E-state index in [9.17, 15) is 4.79 Å². The highest BCUT2D eigenvalue weighted by atomic mass is 127. The first kappa shape index (κ1) is 20.0. The number of amides is 1. The van der Waals surface area contributed by atoms with E-state index in [0.717, 1.165) is 29.4 Å². The monoisotopic (exact) mass is 450 g/mol. The molecule has 0 unspecified atom stereocenters. The third kappa shape index (κ3) is 6.55. The van der Waals surface area contributed by atoms with Gasteiger partial charge in [0.05, 0.1) is 0 Å². The van der Waals surface area contributed by atoms with E-state index in [2.05, 4.69) is 10.3 Å². The normalized spacial score (nSPS) is 14.0. The molecule has 1 aromatic rings. The second kappa shape index (κ2) is 9.32. The van der Waals surface area contributed by atoms with E-state index in [1.165, 1.54) is 0 Å². The van der Waals surface area contributed by atoms with Crippen molar-refractivity contribution in [3.05, 3.63) is 34.9 Å². The maximum absolute atomic E-state index is 11.7. The van der Waals surface area contributed by atoms with Gasteiger partial charge in [0.1, 0.15) is 6.54 Å². The van der Waals surface area contributed by atoms with Crippen LogP contribution in [0.1, 0.15) is 18.4 Å². The fraction of sp³-hybridized carbons (Fsp3) is 0.500. The zero-order valence-corrected chi connectivity index (χ0v) is 16.8. The molecular weight excluding hydrogens is 427 g/mol. The van der Waals surface area contributed by atoms with Crippen LogP contribution in [0.25, 0.3) is 0 Å². The Labute approximate surface area is 160 Å². The van der Waals surface area contributed by atoms with Crippen LogP contribution in [0.4, 0.5) is 0 Å². The number of carbonyl (C=O) groups is 1. The van der Waals surface area contributed by atoms with Gasteiger partial charge in [0.15, 0.2) is 5.96 Å². The van der Waals surface area contributed by atoms with Crippen molar-refractivity contribution in [3.63, 3.8) is 0 Å². The number of nitrogens with zero attached hydrogens (tertiary/aromatic N) is 3. The standard InChI is InChI=1S/C16H23ClN4O.HI/c1-20(2)15(22)10-18-16(19-13-8-9-13)21(3)11-12-6-4-5-7-14(12)17;/h4-7,13H,8-11H2,1-3H3,(H,18,19);1H. The minimum Gasteiger partial charge on any atom is -0.353 e. The minimum atomic E-state index is -0.0127. The lowest BCUT2D eigenvalue weighted by molar-refractivity contribution is -0.127. The molecule has 1 amide bonds. The number of carbonyl (C=O) groups excluding carboxylic acids is 1. The van der Waals surface area contributed by atoms with Crippen LogP contribution in [0, 0.1) is 0 Å². The molecule has 0 aliphatic heterocycles. The van der Waals surface area contributed by atoms with Crippen LogP contribution in [0.5, 0.6) is 0 Å².